The lowest BCUT2D eigenvalue weighted by atomic mass is 10.1. The van der Waals surface area contributed by atoms with Gasteiger partial charge in [0.05, 0.1) is 19.3 Å². The van der Waals surface area contributed by atoms with Gasteiger partial charge in [0.25, 0.3) is 5.91 Å². The van der Waals surface area contributed by atoms with Crippen LogP contribution < -0.4 is 5.32 Å². The van der Waals surface area contributed by atoms with Crippen LogP contribution in [0, 0.1) is 5.92 Å². The summed E-state index contributed by atoms with van der Waals surface area (Å²) in [5, 5.41) is 11.6. The maximum Gasteiger partial charge on any atom is 0.317 e. The van der Waals surface area contributed by atoms with E-state index in [1.54, 1.807) is 41.1 Å². The molecule has 8 heteroatoms. The molecule has 0 aliphatic carbocycles. The lowest BCUT2D eigenvalue weighted by Crippen LogP contribution is -2.49. The van der Waals surface area contributed by atoms with Crippen molar-refractivity contribution in [2.24, 2.45) is 5.92 Å². The standard InChI is InChI=1S/C19H27N3O5/c1-13(2)18(25)20-15-6-4-14(5-7-15)19(26)22-8-9-27-16(11-22)10-21(3)12-17(23)24/h4-7,13,16H,8-12H2,1-3H3,(H,20,25)(H,23,24). The molecule has 148 valence electrons. The second-order valence-electron chi connectivity index (χ2n) is 7.06. The number of likely N-dealkylation sites (N-methyl/N-ethyl adjacent to an activating group) is 1. The summed E-state index contributed by atoms with van der Waals surface area (Å²) in [4.78, 5) is 38.6. The molecule has 27 heavy (non-hydrogen) atoms. The number of benzene rings is 1. The monoisotopic (exact) mass is 377 g/mol. The SMILES string of the molecule is CC(C)C(=O)Nc1ccc(C(=O)N2CCOC(CN(C)CC(=O)O)C2)cc1. The van der Waals surface area contributed by atoms with E-state index in [0.717, 1.165) is 0 Å². The largest absolute Gasteiger partial charge is 0.480 e. The molecule has 1 aromatic rings. The molecule has 0 bridgehead atoms. The Labute approximate surface area is 159 Å². The molecule has 1 heterocycles. The number of carbonyl (C=O) groups excluding carboxylic acids is 2. The summed E-state index contributed by atoms with van der Waals surface area (Å²) < 4.78 is 5.66. The van der Waals surface area contributed by atoms with Gasteiger partial charge in [-0.2, -0.15) is 0 Å². The Morgan fingerprint density at radius 3 is 2.56 bits per heavy atom. The van der Waals surface area contributed by atoms with Crippen LogP contribution in [0.3, 0.4) is 0 Å². The number of rotatable bonds is 7. The van der Waals surface area contributed by atoms with Crippen LogP contribution in [0.4, 0.5) is 5.69 Å². The first-order valence-corrected chi connectivity index (χ1v) is 8.98. The van der Waals surface area contributed by atoms with E-state index in [2.05, 4.69) is 5.32 Å². The Bertz CT molecular complexity index is 674. The van der Waals surface area contributed by atoms with Gasteiger partial charge in [-0.3, -0.25) is 19.3 Å². The zero-order valence-corrected chi connectivity index (χ0v) is 16.0. The van der Waals surface area contributed by atoms with Gasteiger partial charge in [-0.15, -0.1) is 0 Å². The van der Waals surface area contributed by atoms with E-state index in [-0.39, 0.29) is 30.4 Å². The topological polar surface area (TPSA) is 99.2 Å². The molecule has 0 aromatic heterocycles. The molecule has 1 aliphatic rings. The fraction of sp³-hybridized carbons (Fsp3) is 0.526. The van der Waals surface area contributed by atoms with Gasteiger partial charge in [0.1, 0.15) is 0 Å². The molecule has 0 radical (unpaired) electrons. The van der Waals surface area contributed by atoms with Gasteiger partial charge < -0.3 is 20.1 Å². The molecule has 1 aliphatic heterocycles. The van der Waals surface area contributed by atoms with E-state index >= 15 is 0 Å². The van der Waals surface area contributed by atoms with E-state index in [4.69, 9.17) is 9.84 Å². The van der Waals surface area contributed by atoms with Gasteiger partial charge in [-0.1, -0.05) is 13.8 Å². The van der Waals surface area contributed by atoms with Gasteiger partial charge in [0, 0.05) is 36.8 Å². The Morgan fingerprint density at radius 1 is 1.30 bits per heavy atom. The summed E-state index contributed by atoms with van der Waals surface area (Å²) in [7, 11) is 1.71. The van der Waals surface area contributed by atoms with E-state index < -0.39 is 5.97 Å². The number of anilines is 1. The molecule has 2 N–H and O–H groups in total. The molecule has 2 rings (SSSR count). The number of morpholine rings is 1. The fourth-order valence-corrected chi connectivity index (χ4v) is 2.82. The maximum absolute atomic E-state index is 12.7. The van der Waals surface area contributed by atoms with Gasteiger partial charge >= 0.3 is 5.97 Å². The number of nitrogens with zero attached hydrogens (tertiary/aromatic N) is 2. The lowest BCUT2D eigenvalue weighted by molar-refractivity contribution is -0.138. The van der Waals surface area contributed by atoms with Gasteiger partial charge in [0.15, 0.2) is 0 Å². The molecule has 1 fully saturated rings. The summed E-state index contributed by atoms with van der Waals surface area (Å²) in [6.45, 7) is 5.32. The normalized spacial score (nSPS) is 17.2. The van der Waals surface area contributed by atoms with Crippen molar-refractivity contribution in [2.75, 3.05) is 45.2 Å². The Morgan fingerprint density at radius 2 is 1.96 bits per heavy atom. The molecule has 0 saturated carbocycles. The number of carbonyl (C=O) groups is 3. The van der Waals surface area contributed by atoms with Crippen molar-refractivity contribution < 1.29 is 24.2 Å². The van der Waals surface area contributed by atoms with Crippen LogP contribution in [-0.4, -0.2) is 78.6 Å². The van der Waals surface area contributed by atoms with Crippen LogP contribution in [0.1, 0.15) is 24.2 Å². The minimum atomic E-state index is -0.897. The van der Waals surface area contributed by atoms with Gasteiger partial charge in [-0.25, -0.2) is 0 Å². The minimum Gasteiger partial charge on any atom is -0.480 e. The van der Waals surface area contributed by atoms with E-state index in [9.17, 15) is 14.4 Å². The van der Waals surface area contributed by atoms with E-state index in [0.29, 0.717) is 37.5 Å². The number of carboxylic acids is 1. The van der Waals surface area contributed by atoms with Crippen molar-refractivity contribution >= 4 is 23.5 Å². The summed E-state index contributed by atoms with van der Waals surface area (Å²) in [6, 6.07) is 6.82. The molecular formula is C19H27N3O5. The number of nitrogens with one attached hydrogen (secondary N) is 1. The van der Waals surface area contributed by atoms with E-state index in [1.807, 2.05) is 13.8 Å². The average molecular weight is 377 g/mol. The molecule has 0 spiro atoms. The molecule has 2 amide bonds. The van der Waals surface area contributed by atoms with Crippen LogP contribution in [0.2, 0.25) is 0 Å². The molecule has 8 nitrogen and oxygen atoms in total. The van der Waals surface area contributed by atoms with Gasteiger partial charge in [0.2, 0.25) is 5.91 Å². The molecule has 1 unspecified atom stereocenters. The third-order valence-electron chi connectivity index (χ3n) is 4.27. The molecule has 1 atom stereocenters. The number of carboxylic acid groups (broad SMARTS) is 1. The van der Waals surface area contributed by atoms with Crippen LogP contribution in [0.25, 0.3) is 0 Å². The quantitative estimate of drug-likeness (QED) is 0.739. The van der Waals surface area contributed by atoms with Crippen molar-refractivity contribution in [3.8, 4) is 0 Å². The van der Waals surface area contributed by atoms with Gasteiger partial charge in [-0.05, 0) is 31.3 Å². The van der Waals surface area contributed by atoms with Crippen molar-refractivity contribution in [1.29, 1.82) is 0 Å². The van der Waals surface area contributed by atoms with Crippen molar-refractivity contribution in [3.63, 3.8) is 0 Å². The minimum absolute atomic E-state index is 0.0721. The lowest BCUT2D eigenvalue weighted by Gasteiger charge is -2.34. The van der Waals surface area contributed by atoms with Crippen LogP contribution >= 0.6 is 0 Å². The summed E-state index contributed by atoms with van der Waals surface area (Å²) in [5.41, 5.74) is 1.19. The first kappa shape index (κ1) is 20.9. The first-order chi connectivity index (χ1) is 12.8. The number of amides is 2. The predicted octanol–water partition coefficient (Wildman–Crippen LogP) is 1.14. The van der Waals surface area contributed by atoms with Crippen molar-refractivity contribution in [1.82, 2.24) is 9.80 Å². The van der Waals surface area contributed by atoms with Crippen LogP contribution in [0.5, 0.6) is 0 Å². The maximum atomic E-state index is 12.7. The second kappa shape index (κ2) is 9.48. The van der Waals surface area contributed by atoms with E-state index in [1.165, 1.54) is 0 Å². The smallest absolute Gasteiger partial charge is 0.317 e. The highest BCUT2D eigenvalue weighted by atomic mass is 16.5. The highest BCUT2D eigenvalue weighted by Gasteiger charge is 2.26. The zero-order valence-electron chi connectivity index (χ0n) is 16.0. The number of hydrogen-bond acceptors (Lipinski definition) is 5. The molecule has 1 saturated heterocycles. The molecular weight excluding hydrogens is 350 g/mol. The third-order valence-corrected chi connectivity index (χ3v) is 4.27. The fourth-order valence-electron chi connectivity index (χ4n) is 2.82. The molecule has 1 aromatic carbocycles. The Kier molecular flexibility index (Phi) is 7.32. The summed E-state index contributed by atoms with van der Waals surface area (Å²) in [6.07, 6.45) is -0.225. The second-order valence-corrected chi connectivity index (χ2v) is 7.06. The van der Waals surface area contributed by atoms with Crippen LogP contribution in [0.15, 0.2) is 24.3 Å². The third kappa shape index (κ3) is 6.33. The summed E-state index contributed by atoms with van der Waals surface area (Å²) in [5.74, 6) is -1.19. The zero-order chi connectivity index (χ0) is 20.0. The Hall–Kier alpha value is -2.45. The number of ether oxygens (including phenoxy) is 1. The summed E-state index contributed by atoms with van der Waals surface area (Å²) >= 11 is 0. The Balaban J connectivity index is 1.94. The number of aliphatic carboxylic acids is 1. The first-order valence-electron chi connectivity index (χ1n) is 8.98. The van der Waals surface area contributed by atoms with Crippen LogP contribution in [-0.2, 0) is 14.3 Å². The predicted molar refractivity (Wildman–Crippen MR) is 101 cm³/mol. The highest BCUT2D eigenvalue weighted by molar-refractivity contribution is 5.96. The van der Waals surface area contributed by atoms with Crippen molar-refractivity contribution in [2.45, 2.75) is 20.0 Å². The average Bonchev–Trinajstić information content (AvgIpc) is 2.61. The van der Waals surface area contributed by atoms with Crippen molar-refractivity contribution in [3.05, 3.63) is 29.8 Å². The number of hydrogen-bond donors (Lipinski definition) is 2. The highest BCUT2D eigenvalue weighted by Crippen LogP contribution is 2.15.